The van der Waals surface area contributed by atoms with Gasteiger partial charge in [-0.25, -0.2) is 19.5 Å². The Bertz CT molecular complexity index is 2420. The molecule has 20 nitrogen and oxygen atoms in total. The van der Waals surface area contributed by atoms with Crippen LogP contribution in [0.3, 0.4) is 0 Å². The van der Waals surface area contributed by atoms with Gasteiger partial charge >= 0.3 is 12.2 Å². The summed E-state index contributed by atoms with van der Waals surface area (Å²) in [4.78, 5) is 85.6. The molecule has 20 heteroatoms. The summed E-state index contributed by atoms with van der Waals surface area (Å²) in [6.07, 6.45) is 5.43. The van der Waals surface area contributed by atoms with Gasteiger partial charge in [0.15, 0.2) is 29.3 Å². The van der Waals surface area contributed by atoms with Gasteiger partial charge in [-0.05, 0) is 64.7 Å². The first kappa shape index (κ1) is 45.4. The lowest BCUT2D eigenvalue weighted by Crippen LogP contribution is -2.50. The molecule has 4 aromatic rings. The number of aryl methyl sites for hydroxylation is 3. The van der Waals surface area contributed by atoms with Crippen LogP contribution in [0.15, 0.2) is 55.5 Å². The van der Waals surface area contributed by atoms with Crippen LogP contribution in [0.4, 0.5) is 32.5 Å². The molecule has 336 valence electrons. The van der Waals surface area contributed by atoms with E-state index >= 15 is 0 Å². The number of fused-ring (bicyclic) bond motifs is 2. The Kier molecular flexibility index (Phi) is 13.6. The fourth-order valence-corrected chi connectivity index (χ4v) is 7.42. The van der Waals surface area contributed by atoms with Crippen LogP contribution in [0.25, 0.3) is 0 Å². The number of ether oxygens (including phenoxy) is 4. The summed E-state index contributed by atoms with van der Waals surface area (Å²) in [5, 5.41) is 19.4. The predicted octanol–water partition coefficient (Wildman–Crippen LogP) is 5.45. The summed E-state index contributed by atoms with van der Waals surface area (Å²) in [5.41, 5.74) is 0.877. The van der Waals surface area contributed by atoms with E-state index in [-0.39, 0.29) is 71.4 Å². The zero-order valence-electron chi connectivity index (χ0n) is 36.4. The van der Waals surface area contributed by atoms with E-state index in [0.29, 0.717) is 49.3 Å². The van der Waals surface area contributed by atoms with Gasteiger partial charge in [0.05, 0.1) is 48.1 Å². The van der Waals surface area contributed by atoms with Gasteiger partial charge in [0, 0.05) is 58.8 Å². The van der Waals surface area contributed by atoms with Crippen molar-refractivity contribution in [2.75, 3.05) is 47.7 Å². The monoisotopic (exact) mass is 871 g/mol. The first-order valence-electron chi connectivity index (χ1n) is 20.3. The highest BCUT2D eigenvalue weighted by atomic mass is 16.6. The molecule has 6 rings (SSSR count). The Balaban J connectivity index is 1.03. The lowest BCUT2D eigenvalue weighted by atomic mass is 10.1. The second-order valence-corrected chi connectivity index (χ2v) is 16.2. The molecule has 0 unspecified atom stereocenters. The van der Waals surface area contributed by atoms with Crippen LogP contribution in [0.2, 0.25) is 0 Å². The van der Waals surface area contributed by atoms with E-state index < -0.39 is 41.9 Å². The van der Waals surface area contributed by atoms with E-state index in [2.05, 4.69) is 27.5 Å². The van der Waals surface area contributed by atoms with Gasteiger partial charge < -0.3 is 53.3 Å². The van der Waals surface area contributed by atoms with E-state index in [1.165, 1.54) is 46.7 Å². The minimum Gasteiger partial charge on any atom is -0.493 e. The summed E-state index contributed by atoms with van der Waals surface area (Å²) >= 11 is 0. The highest BCUT2D eigenvalue weighted by Crippen LogP contribution is 2.41. The van der Waals surface area contributed by atoms with Crippen molar-refractivity contribution in [1.82, 2.24) is 23.6 Å². The molecule has 0 aliphatic carbocycles. The molecule has 1 saturated heterocycles. The maximum atomic E-state index is 13.6. The Morgan fingerprint density at radius 3 is 2.30 bits per heavy atom. The summed E-state index contributed by atoms with van der Waals surface area (Å²) < 4.78 is 26.8. The highest BCUT2D eigenvalue weighted by Gasteiger charge is 2.45. The number of nitrogens with zero attached hydrogens (tertiary/aromatic N) is 6. The zero-order chi connectivity index (χ0) is 45.7. The van der Waals surface area contributed by atoms with Crippen LogP contribution in [0.5, 0.6) is 11.5 Å². The van der Waals surface area contributed by atoms with Gasteiger partial charge in [-0.3, -0.25) is 24.5 Å². The van der Waals surface area contributed by atoms with Crippen LogP contribution in [-0.2, 0) is 30.6 Å². The quantitative estimate of drug-likeness (QED) is 0.0664. The molecule has 0 radical (unpaired) electrons. The number of methoxy groups -OCH3 is 1. The van der Waals surface area contributed by atoms with Gasteiger partial charge in [0.1, 0.15) is 17.9 Å². The number of ketones is 1. The van der Waals surface area contributed by atoms with Crippen LogP contribution >= 0.6 is 0 Å². The zero-order valence-corrected chi connectivity index (χ0v) is 36.4. The number of carbonyl (C=O) groups excluding carboxylic acids is 6. The molecule has 3 aromatic heterocycles. The largest absolute Gasteiger partial charge is 0.493 e. The summed E-state index contributed by atoms with van der Waals surface area (Å²) in [6.45, 7) is 9.29. The van der Waals surface area contributed by atoms with Gasteiger partial charge in [-0.15, -0.1) is 0 Å². The molecule has 2 aliphatic rings. The molecular weight excluding hydrogens is 819 g/mol. The van der Waals surface area contributed by atoms with Gasteiger partial charge in [-0.1, -0.05) is 12.7 Å². The third-order valence-corrected chi connectivity index (χ3v) is 10.3. The Morgan fingerprint density at radius 1 is 0.905 bits per heavy atom. The fraction of sp³-hybridized carbons (Fsp3) is 0.419. The van der Waals surface area contributed by atoms with E-state index in [0.717, 1.165) is 4.90 Å². The van der Waals surface area contributed by atoms with Crippen molar-refractivity contribution in [1.29, 1.82) is 0 Å². The first-order valence-corrected chi connectivity index (χ1v) is 20.3. The maximum Gasteiger partial charge on any atom is 0.416 e. The number of imidazole rings is 1. The summed E-state index contributed by atoms with van der Waals surface area (Å²) in [7, 11) is 6.35. The van der Waals surface area contributed by atoms with Crippen molar-refractivity contribution in [2.24, 2.45) is 21.1 Å². The second-order valence-electron chi connectivity index (χ2n) is 16.2. The van der Waals surface area contributed by atoms with Crippen molar-refractivity contribution in [3.63, 3.8) is 0 Å². The smallest absolute Gasteiger partial charge is 0.416 e. The molecule has 0 saturated carbocycles. The highest BCUT2D eigenvalue weighted by molar-refractivity contribution is 6.07. The van der Waals surface area contributed by atoms with Crippen molar-refractivity contribution in [3.05, 3.63) is 78.3 Å². The molecule has 63 heavy (non-hydrogen) atoms. The van der Waals surface area contributed by atoms with E-state index in [1.54, 1.807) is 69.8 Å². The molecule has 1 fully saturated rings. The van der Waals surface area contributed by atoms with Crippen LogP contribution < -0.4 is 30.3 Å². The van der Waals surface area contributed by atoms with E-state index in [1.807, 2.05) is 0 Å². The topological polar surface area (TPSA) is 230 Å². The average molecular weight is 872 g/mol. The number of hydrogen-bond donors (Lipinski definition) is 4. The number of amides is 5. The normalized spacial score (nSPS) is 15.8. The number of nitrogens with one attached hydrogen (secondary N) is 3. The molecule has 1 aromatic carbocycles. The third-order valence-electron chi connectivity index (χ3n) is 10.3. The number of aromatic nitrogens is 4. The predicted molar refractivity (Wildman–Crippen MR) is 231 cm³/mol. The number of carbonyl (C=O) groups is 6. The van der Waals surface area contributed by atoms with Crippen LogP contribution in [0.1, 0.15) is 94.8 Å². The molecule has 2 atom stereocenters. The molecule has 2 aliphatic heterocycles. The number of hydrogen-bond acceptors (Lipinski definition) is 12. The summed E-state index contributed by atoms with van der Waals surface area (Å²) in [6, 6.07) is 5.40. The second kappa shape index (κ2) is 18.9. The number of aliphatic hydroxyl groups excluding tert-OH is 1. The minimum atomic E-state index is -1.36. The lowest BCUT2D eigenvalue weighted by molar-refractivity contribution is 0.0496. The number of unbranched alkanes of at least 4 members (excludes halogenated alkanes) is 1. The molecule has 5 heterocycles. The number of Topliss-reactive ketones (excluding diaryl/α,β-unsaturated/α-hetero) is 1. The molecule has 0 bridgehead atoms. The standard InChI is InChI=1S/C43H53N9O11/c1-9-16-62-42(59)52-29-21-34(33(60-8)20-27(29)39(56)51-15-12-13-28(51)40(52)57)61-17-11-10-14-32(53)30-18-25(22-48(30)5)44-38(55)36-46-35(24-50(36)7)47-37(54)31-19-26(23-49(31)6)45-41(58)63-43(2,3)4/h9,18-24,28,40,57H,1,10-17H2,2-8H3,(H,44,55)(H,45,58)(H,47,54)/t28-,40-/m0/s1. The minimum absolute atomic E-state index is 0.00393. The van der Waals surface area contributed by atoms with E-state index in [4.69, 9.17) is 18.9 Å². The number of benzene rings is 1. The molecule has 0 spiro atoms. The maximum absolute atomic E-state index is 13.6. The number of anilines is 4. The number of aliphatic hydroxyl groups is 1. The van der Waals surface area contributed by atoms with Crippen molar-refractivity contribution in [2.45, 2.75) is 70.7 Å². The summed E-state index contributed by atoms with van der Waals surface area (Å²) in [5.74, 6) is -1.02. The number of rotatable bonds is 15. The van der Waals surface area contributed by atoms with Gasteiger partial charge in [0.2, 0.25) is 5.82 Å². The molecule has 5 amide bonds. The van der Waals surface area contributed by atoms with Crippen molar-refractivity contribution < 1.29 is 52.8 Å². The Hall–Kier alpha value is -7.09. The first-order chi connectivity index (χ1) is 29.9. The van der Waals surface area contributed by atoms with Crippen LogP contribution in [-0.4, -0.2) is 109 Å². The Morgan fingerprint density at radius 2 is 1.60 bits per heavy atom. The van der Waals surface area contributed by atoms with Crippen LogP contribution in [0, 0.1) is 0 Å². The van der Waals surface area contributed by atoms with Gasteiger partial charge in [0.25, 0.3) is 17.7 Å². The third kappa shape index (κ3) is 10.3. The lowest BCUT2D eigenvalue weighted by Gasteiger charge is -2.31. The molecular formula is C43H53N9O11. The van der Waals surface area contributed by atoms with Crippen molar-refractivity contribution in [3.8, 4) is 11.5 Å². The fourth-order valence-electron chi connectivity index (χ4n) is 7.42. The SMILES string of the molecule is C=CCOC(=O)N1c2cc(OCCCCC(=O)c3cc(NC(=O)c4nc(NC(=O)c5cc(NC(=O)OC(C)(C)C)cn5C)cn4C)cn3C)c(OC)cc2C(=O)N2CCC[C@H]2[C@@H]1O. The van der Waals surface area contributed by atoms with E-state index in [9.17, 15) is 33.9 Å². The van der Waals surface area contributed by atoms with Gasteiger partial charge in [-0.2, -0.15) is 0 Å². The Labute approximate surface area is 363 Å². The molecule has 4 N–H and O–H groups in total. The van der Waals surface area contributed by atoms with Crippen molar-refractivity contribution >= 4 is 58.6 Å². The average Bonchev–Trinajstić information content (AvgIpc) is 4.01.